The quantitative estimate of drug-likeness (QED) is 0.820. The fraction of sp³-hybridized carbons (Fsp3) is 0.588. The number of hydrogen-bond donors (Lipinski definition) is 2. The third-order valence-electron chi connectivity index (χ3n) is 4.14. The van der Waals surface area contributed by atoms with Gasteiger partial charge >= 0.3 is 0 Å². The van der Waals surface area contributed by atoms with E-state index in [0.29, 0.717) is 18.7 Å². The number of nitrogens with one attached hydrogen (secondary N) is 1. The van der Waals surface area contributed by atoms with Crippen LogP contribution in [-0.4, -0.2) is 30.3 Å². The number of ether oxygens (including phenoxy) is 1. The number of aliphatic hydroxyl groups is 1. The van der Waals surface area contributed by atoms with Crippen LogP contribution in [0.4, 0.5) is 0 Å². The van der Waals surface area contributed by atoms with Gasteiger partial charge in [-0.3, -0.25) is 4.79 Å². The number of carbonyl (C=O) groups excluding carboxylic acids is 1. The van der Waals surface area contributed by atoms with Crippen LogP contribution in [0.15, 0.2) is 24.3 Å². The van der Waals surface area contributed by atoms with Crippen LogP contribution in [0, 0.1) is 0 Å². The Hall–Kier alpha value is -1.39. The maximum atomic E-state index is 12.1. The summed E-state index contributed by atoms with van der Waals surface area (Å²) in [6.07, 6.45) is 5.99. The molecule has 0 heterocycles. The lowest BCUT2D eigenvalue weighted by Gasteiger charge is -2.26. The van der Waals surface area contributed by atoms with Crippen molar-refractivity contribution in [1.82, 2.24) is 5.32 Å². The van der Waals surface area contributed by atoms with Crippen LogP contribution in [0.2, 0.25) is 0 Å². The van der Waals surface area contributed by atoms with Gasteiger partial charge < -0.3 is 15.2 Å². The van der Waals surface area contributed by atoms with Crippen molar-refractivity contribution in [3.63, 3.8) is 0 Å². The van der Waals surface area contributed by atoms with Crippen molar-refractivity contribution in [1.29, 1.82) is 0 Å². The van der Waals surface area contributed by atoms with Crippen LogP contribution in [0.3, 0.4) is 0 Å². The molecule has 0 atom stereocenters. The van der Waals surface area contributed by atoms with Crippen LogP contribution in [0.1, 0.15) is 54.4 Å². The van der Waals surface area contributed by atoms with E-state index in [1.54, 1.807) is 19.2 Å². The van der Waals surface area contributed by atoms with Gasteiger partial charge in [0.05, 0.1) is 12.2 Å². The highest BCUT2D eigenvalue weighted by Gasteiger charge is 2.28. The van der Waals surface area contributed by atoms with Gasteiger partial charge in [-0.25, -0.2) is 0 Å². The van der Waals surface area contributed by atoms with Crippen molar-refractivity contribution in [2.75, 3.05) is 13.7 Å². The second-order valence-corrected chi connectivity index (χ2v) is 5.95. The van der Waals surface area contributed by atoms with E-state index in [4.69, 9.17) is 4.74 Å². The monoisotopic (exact) mass is 291 g/mol. The van der Waals surface area contributed by atoms with E-state index in [-0.39, 0.29) is 5.91 Å². The van der Waals surface area contributed by atoms with Crippen LogP contribution in [0.25, 0.3) is 0 Å². The molecule has 1 aliphatic carbocycles. The summed E-state index contributed by atoms with van der Waals surface area (Å²) in [7, 11) is 1.65. The Bertz CT molecular complexity index is 448. The number of methoxy groups -OCH3 is 1. The van der Waals surface area contributed by atoms with Crippen molar-refractivity contribution in [2.45, 2.75) is 50.7 Å². The molecule has 0 bridgehead atoms. The molecule has 2 N–H and O–H groups in total. The molecule has 4 nitrogen and oxygen atoms in total. The molecule has 4 heteroatoms. The van der Waals surface area contributed by atoms with Crippen LogP contribution < -0.4 is 5.32 Å². The van der Waals surface area contributed by atoms with E-state index in [1.165, 1.54) is 12.8 Å². The molecule has 1 fully saturated rings. The van der Waals surface area contributed by atoms with Crippen LogP contribution in [-0.2, 0) is 11.3 Å². The molecular weight excluding hydrogens is 266 g/mol. The second kappa shape index (κ2) is 7.57. The molecule has 1 saturated carbocycles. The molecule has 1 aliphatic rings. The predicted molar refractivity (Wildman–Crippen MR) is 82.1 cm³/mol. The minimum Gasteiger partial charge on any atom is -0.388 e. The van der Waals surface area contributed by atoms with Gasteiger partial charge in [-0.2, -0.15) is 0 Å². The molecule has 0 unspecified atom stereocenters. The topological polar surface area (TPSA) is 58.6 Å². The minimum absolute atomic E-state index is 0.128. The lowest BCUT2D eigenvalue weighted by molar-refractivity contribution is 0.0246. The maximum Gasteiger partial charge on any atom is 0.251 e. The largest absolute Gasteiger partial charge is 0.388 e. The number of benzene rings is 1. The smallest absolute Gasteiger partial charge is 0.251 e. The van der Waals surface area contributed by atoms with Crippen LogP contribution in [0.5, 0.6) is 0 Å². The van der Waals surface area contributed by atoms with Gasteiger partial charge in [-0.1, -0.05) is 37.8 Å². The number of carbonyl (C=O) groups is 1. The number of amides is 1. The minimum atomic E-state index is -0.734. The van der Waals surface area contributed by atoms with Crippen LogP contribution >= 0.6 is 0 Å². The zero-order valence-corrected chi connectivity index (χ0v) is 12.7. The first-order valence-corrected chi connectivity index (χ1v) is 7.71. The molecule has 0 radical (unpaired) electrons. The molecule has 2 rings (SSSR count). The highest BCUT2D eigenvalue weighted by Crippen LogP contribution is 2.26. The van der Waals surface area contributed by atoms with E-state index < -0.39 is 5.60 Å². The van der Waals surface area contributed by atoms with Gasteiger partial charge in [0.2, 0.25) is 0 Å². The van der Waals surface area contributed by atoms with E-state index in [2.05, 4.69) is 5.32 Å². The highest BCUT2D eigenvalue weighted by atomic mass is 16.5. The summed E-state index contributed by atoms with van der Waals surface area (Å²) in [5.74, 6) is -0.128. The summed E-state index contributed by atoms with van der Waals surface area (Å²) < 4.78 is 5.05. The summed E-state index contributed by atoms with van der Waals surface area (Å²) in [6, 6.07) is 7.36. The fourth-order valence-corrected chi connectivity index (χ4v) is 2.83. The fourth-order valence-electron chi connectivity index (χ4n) is 2.83. The summed E-state index contributed by atoms with van der Waals surface area (Å²) in [4.78, 5) is 12.1. The molecule has 1 aromatic carbocycles. The van der Waals surface area contributed by atoms with Gasteiger partial charge in [0, 0.05) is 19.2 Å². The summed E-state index contributed by atoms with van der Waals surface area (Å²) in [6.45, 7) is 0.882. The molecule has 1 amide bonds. The maximum absolute atomic E-state index is 12.1. The first kappa shape index (κ1) is 16.0. The Morgan fingerprint density at radius 3 is 2.38 bits per heavy atom. The zero-order valence-electron chi connectivity index (χ0n) is 12.7. The average Bonchev–Trinajstić information content (AvgIpc) is 2.71. The lowest BCUT2D eigenvalue weighted by Crippen LogP contribution is -2.42. The standard InChI is InChI=1S/C17H25NO3/c1-21-12-14-6-8-15(9-7-14)16(19)18-13-17(20)10-4-2-3-5-11-17/h6-9,20H,2-5,10-13H2,1H3,(H,18,19). The van der Waals surface area contributed by atoms with Crippen molar-refractivity contribution in [3.05, 3.63) is 35.4 Å². The van der Waals surface area contributed by atoms with E-state index in [9.17, 15) is 9.90 Å². The molecule has 0 saturated heterocycles. The lowest BCUT2D eigenvalue weighted by atomic mass is 9.94. The number of rotatable bonds is 5. The van der Waals surface area contributed by atoms with E-state index >= 15 is 0 Å². The Balaban J connectivity index is 1.88. The molecule has 1 aromatic rings. The number of hydrogen-bond acceptors (Lipinski definition) is 3. The van der Waals surface area contributed by atoms with Gasteiger partial charge in [0.1, 0.15) is 0 Å². The van der Waals surface area contributed by atoms with Crippen molar-refractivity contribution in [3.8, 4) is 0 Å². The summed E-state index contributed by atoms with van der Waals surface area (Å²) in [5, 5.41) is 13.4. The molecular formula is C17H25NO3. The Morgan fingerprint density at radius 1 is 1.19 bits per heavy atom. The predicted octanol–water partition coefficient (Wildman–Crippen LogP) is 2.65. The van der Waals surface area contributed by atoms with Gasteiger partial charge in [0.15, 0.2) is 0 Å². The molecule has 0 aromatic heterocycles. The van der Waals surface area contributed by atoms with E-state index in [1.807, 2.05) is 12.1 Å². The molecule has 21 heavy (non-hydrogen) atoms. The summed E-state index contributed by atoms with van der Waals surface area (Å²) in [5.41, 5.74) is 0.922. The Kier molecular flexibility index (Phi) is 5.76. The zero-order chi connectivity index (χ0) is 15.1. The van der Waals surface area contributed by atoms with Crippen molar-refractivity contribution in [2.24, 2.45) is 0 Å². The first-order valence-electron chi connectivity index (χ1n) is 7.71. The van der Waals surface area contributed by atoms with Crippen molar-refractivity contribution < 1.29 is 14.6 Å². The molecule has 116 valence electrons. The summed E-state index contributed by atoms with van der Waals surface area (Å²) >= 11 is 0. The normalized spacial score (nSPS) is 18.0. The van der Waals surface area contributed by atoms with Crippen molar-refractivity contribution >= 4 is 5.91 Å². The van der Waals surface area contributed by atoms with Gasteiger partial charge in [-0.15, -0.1) is 0 Å². The van der Waals surface area contributed by atoms with Gasteiger partial charge in [0.25, 0.3) is 5.91 Å². The van der Waals surface area contributed by atoms with E-state index in [0.717, 1.165) is 31.2 Å². The Morgan fingerprint density at radius 2 is 1.81 bits per heavy atom. The van der Waals surface area contributed by atoms with Gasteiger partial charge in [-0.05, 0) is 30.5 Å². The average molecular weight is 291 g/mol. The Labute approximate surface area is 126 Å². The third-order valence-corrected chi connectivity index (χ3v) is 4.14. The second-order valence-electron chi connectivity index (χ2n) is 5.95. The first-order chi connectivity index (χ1) is 10.1. The SMILES string of the molecule is COCc1ccc(C(=O)NCC2(O)CCCCCC2)cc1. The highest BCUT2D eigenvalue weighted by molar-refractivity contribution is 5.94. The molecule has 0 aliphatic heterocycles. The molecule has 0 spiro atoms. The third kappa shape index (κ3) is 4.83.